The van der Waals surface area contributed by atoms with E-state index in [1.807, 2.05) is 50.2 Å². The van der Waals surface area contributed by atoms with Gasteiger partial charge in [-0.3, -0.25) is 0 Å². The molecule has 0 spiro atoms. The van der Waals surface area contributed by atoms with E-state index in [2.05, 4.69) is 46.0 Å². The number of fused-ring (bicyclic) bond motifs is 1. The second kappa shape index (κ2) is 17.0. The fraction of sp³-hybridized carbons (Fsp3) is 0.439. The van der Waals surface area contributed by atoms with Gasteiger partial charge in [-0.1, -0.05) is 37.6 Å². The van der Waals surface area contributed by atoms with Crippen molar-refractivity contribution in [2.75, 3.05) is 33.3 Å². The van der Waals surface area contributed by atoms with Crippen molar-refractivity contribution in [1.29, 1.82) is 0 Å². The van der Waals surface area contributed by atoms with Crippen LogP contribution >= 0.6 is 0 Å². The van der Waals surface area contributed by atoms with Gasteiger partial charge in [0.2, 0.25) is 0 Å². The minimum Gasteiger partial charge on any atom is -0.497 e. The molecule has 5 aromatic rings. The minimum atomic E-state index is -0.104. The molecule has 52 heavy (non-hydrogen) atoms. The van der Waals surface area contributed by atoms with Crippen molar-refractivity contribution in [3.8, 4) is 28.9 Å². The van der Waals surface area contributed by atoms with Gasteiger partial charge in [-0.15, -0.1) is 10.2 Å². The first-order chi connectivity index (χ1) is 25.3. The van der Waals surface area contributed by atoms with Crippen LogP contribution in [0.15, 0.2) is 60.7 Å². The van der Waals surface area contributed by atoms with Gasteiger partial charge in [-0.2, -0.15) is 0 Å². The van der Waals surface area contributed by atoms with Gasteiger partial charge < -0.3 is 38.5 Å². The van der Waals surface area contributed by atoms with Crippen molar-refractivity contribution in [3.63, 3.8) is 0 Å². The lowest BCUT2D eigenvalue weighted by Gasteiger charge is -2.26. The number of imidazole rings is 1. The van der Waals surface area contributed by atoms with Crippen molar-refractivity contribution in [2.45, 2.75) is 91.2 Å². The minimum absolute atomic E-state index is 0.104. The Balaban J connectivity index is 1.48. The molecule has 1 N–H and O–H groups in total. The monoisotopic (exact) mass is 708 g/mol. The Bertz CT molecular complexity index is 1880. The lowest BCUT2D eigenvalue weighted by Crippen LogP contribution is -2.25. The van der Waals surface area contributed by atoms with Gasteiger partial charge >= 0.3 is 0 Å². The molecule has 2 aromatic heterocycles. The summed E-state index contributed by atoms with van der Waals surface area (Å²) in [6, 6.07) is 21.3. The lowest BCUT2D eigenvalue weighted by atomic mass is 10.1. The van der Waals surface area contributed by atoms with Gasteiger partial charge in [0.1, 0.15) is 39.9 Å². The van der Waals surface area contributed by atoms with Gasteiger partial charge in [0.15, 0.2) is 5.82 Å². The molecule has 0 radical (unpaired) electrons. The van der Waals surface area contributed by atoms with Crippen molar-refractivity contribution in [2.24, 2.45) is 0 Å². The Morgan fingerprint density at radius 3 is 1.96 bits per heavy atom. The smallest absolute Gasteiger partial charge is 0.260 e. The van der Waals surface area contributed by atoms with Gasteiger partial charge in [0, 0.05) is 61.9 Å². The maximum absolute atomic E-state index is 6.37. The molecule has 6 rings (SSSR count). The van der Waals surface area contributed by atoms with Crippen LogP contribution in [0.4, 0.5) is 5.82 Å². The molecule has 0 bridgehead atoms. The summed E-state index contributed by atoms with van der Waals surface area (Å²) in [5.74, 6) is 4.93. The Morgan fingerprint density at radius 1 is 0.808 bits per heavy atom. The van der Waals surface area contributed by atoms with E-state index in [1.165, 1.54) is 24.0 Å². The SMILES string of the molecule is CCCCc1nc2c(N(Cc3ccc(OC)cc3OC)Cc3ccc(OC)cc3OC)nnc(OC(C)C)c2n1Cc1ccc(CNC2CC2)cc1. The number of methoxy groups -OCH3 is 4. The summed E-state index contributed by atoms with van der Waals surface area (Å²) in [6.07, 6.45) is 5.31. The Hall–Kier alpha value is -5.03. The zero-order valence-electron chi connectivity index (χ0n) is 31.6. The number of nitrogens with one attached hydrogen (secondary N) is 1. The number of ether oxygens (including phenoxy) is 5. The van der Waals surface area contributed by atoms with Crippen LogP contribution in [0.3, 0.4) is 0 Å². The summed E-state index contributed by atoms with van der Waals surface area (Å²) in [6.45, 7) is 8.63. The van der Waals surface area contributed by atoms with Crippen molar-refractivity contribution >= 4 is 16.9 Å². The van der Waals surface area contributed by atoms with Crippen molar-refractivity contribution < 1.29 is 23.7 Å². The lowest BCUT2D eigenvalue weighted by molar-refractivity contribution is 0.232. The molecule has 276 valence electrons. The average Bonchev–Trinajstić information content (AvgIpc) is 3.93. The van der Waals surface area contributed by atoms with Crippen LogP contribution in [0.1, 0.15) is 74.5 Å². The summed E-state index contributed by atoms with van der Waals surface area (Å²) in [5.41, 5.74) is 5.95. The molecule has 0 amide bonds. The number of hydrogen-bond acceptors (Lipinski definition) is 10. The number of aromatic nitrogens is 4. The molecule has 0 saturated heterocycles. The third-order valence-corrected chi connectivity index (χ3v) is 9.34. The summed E-state index contributed by atoms with van der Waals surface area (Å²) in [7, 11) is 6.64. The Kier molecular flexibility index (Phi) is 12.0. The highest BCUT2D eigenvalue weighted by Gasteiger charge is 2.26. The summed E-state index contributed by atoms with van der Waals surface area (Å²) in [4.78, 5) is 7.53. The summed E-state index contributed by atoms with van der Waals surface area (Å²) >= 11 is 0. The largest absolute Gasteiger partial charge is 0.497 e. The van der Waals surface area contributed by atoms with E-state index in [4.69, 9.17) is 38.9 Å². The fourth-order valence-electron chi connectivity index (χ4n) is 6.35. The van der Waals surface area contributed by atoms with Crippen LogP contribution in [0.25, 0.3) is 11.0 Å². The maximum Gasteiger partial charge on any atom is 0.260 e. The molecule has 0 atom stereocenters. The van der Waals surface area contributed by atoms with E-state index in [0.717, 1.165) is 53.8 Å². The third kappa shape index (κ3) is 8.70. The van der Waals surface area contributed by atoms with E-state index in [0.29, 0.717) is 60.4 Å². The molecule has 11 heteroatoms. The molecule has 0 aliphatic heterocycles. The second-order valence-electron chi connectivity index (χ2n) is 13.6. The fourth-order valence-corrected chi connectivity index (χ4v) is 6.35. The molecule has 1 saturated carbocycles. The van der Waals surface area contributed by atoms with E-state index in [1.54, 1.807) is 28.4 Å². The highest BCUT2D eigenvalue weighted by Crippen LogP contribution is 2.36. The van der Waals surface area contributed by atoms with Crippen LogP contribution in [-0.2, 0) is 32.6 Å². The van der Waals surface area contributed by atoms with Gasteiger partial charge in [-0.25, -0.2) is 4.98 Å². The van der Waals surface area contributed by atoms with Crippen LogP contribution < -0.4 is 33.9 Å². The predicted molar refractivity (Wildman–Crippen MR) is 204 cm³/mol. The Labute approximate surface area is 307 Å². The molecule has 1 aliphatic carbocycles. The summed E-state index contributed by atoms with van der Waals surface area (Å²) in [5, 5.41) is 13.2. The van der Waals surface area contributed by atoms with E-state index in [-0.39, 0.29) is 6.10 Å². The molecule has 11 nitrogen and oxygen atoms in total. The topological polar surface area (TPSA) is 105 Å². The average molecular weight is 709 g/mol. The van der Waals surface area contributed by atoms with Crippen LogP contribution in [-0.4, -0.2) is 60.3 Å². The normalized spacial score (nSPS) is 12.7. The molecular weight excluding hydrogens is 656 g/mol. The number of unbranched alkanes of at least 4 members (excludes halogenated alkanes) is 1. The van der Waals surface area contributed by atoms with Gasteiger partial charge in [0.25, 0.3) is 5.88 Å². The number of rotatable bonds is 19. The number of anilines is 1. The summed E-state index contributed by atoms with van der Waals surface area (Å²) < 4.78 is 31.3. The van der Waals surface area contributed by atoms with E-state index >= 15 is 0 Å². The number of benzene rings is 3. The van der Waals surface area contributed by atoms with E-state index < -0.39 is 0 Å². The molecular formula is C41H52N6O5. The number of hydrogen-bond donors (Lipinski definition) is 1. The zero-order chi connectivity index (χ0) is 36.6. The van der Waals surface area contributed by atoms with E-state index in [9.17, 15) is 0 Å². The molecule has 2 heterocycles. The first-order valence-electron chi connectivity index (χ1n) is 18.2. The predicted octanol–water partition coefficient (Wildman–Crippen LogP) is 7.50. The van der Waals surface area contributed by atoms with Crippen LogP contribution in [0, 0.1) is 0 Å². The molecule has 1 aliphatic rings. The standard InChI is InChI=1S/C41H52N6O5/c1-8-9-10-37-43-38-39(47(37)24-29-13-11-28(12-14-29)23-42-32-17-18-32)41(52-27(2)3)45-44-40(38)46(25-30-15-19-33(48-4)21-35(30)50-6)26-31-16-20-34(49-5)22-36(31)51-7/h11-16,19-22,27,32,42H,8-10,17-18,23-26H2,1-7H3. The van der Waals surface area contributed by atoms with Crippen LogP contribution in [0.5, 0.6) is 28.9 Å². The zero-order valence-corrected chi connectivity index (χ0v) is 31.6. The van der Waals surface area contributed by atoms with Crippen molar-refractivity contribution in [3.05, 3.63) is 88.7 Å². The highest BCUT2D eigenvalue weighted by atomic mass is 16.5. The number of aryl methyl sites for hydroxylation is 1. The maximum atomic E-state index is 6.37. The third-order valence-electron chi connectivity index (χ3n) is 9.34. The highest BCUT2D eigenvalue weighted by molar-refractivity contribution is 5.90. The van der Waals surface area contributed by atoms with Crippen molar-refractivity contribution in [1.82, 2.24) is 25.1 Å². The van der Waals surface area contributed by atoms with Crippen LogP contribution in [0.2, 0.25) is 0 Å². The first-order valence-corrected chi connectivity index (χ1v) is 18.2. The second-order valence-corrected chi connectivity index (χ2v) is 13.6. The first kappa shape index (κ1) is 36.8. The van der Waals surface area contributed by atoms with Gasteiger partial charge in [0.05, 0.1) is 34.5 Å². The molecule has 1 fully saturated rings. The molecule has 3 aromatic carbocycles. The molecule has 0 unspecified atom stereocenters. The number of nitrogens with zero attached hydrogens (tertiary/aromatic N) is 5. The quantitative estimate of drug-likeness (QED) is 0.0928. The Morgan fingerprint density at radius 2 is 1.42 bits per heavy atom. The van der Waals surface area contributed by atoms with Gasteiger partial charge in [-0.05, 0) is 68.5 Å².